The first-order valence-corrected chi connectivity index (χ1v) is 7.10. The molecule has 1 rings (SSSR count). The summed E-state index contributed by atoms with van der Waals surface area (Å²) < 4.78 is 0. The Labute approximate surface area is 139 Å². The molecular weight excluding hydrogens is 315 g/mol. The number of hydrogen-bond donors (Lipinski definition) is 1. The molecule has 0 atom stereocenters. The second-order valence-electron chi connectivity index (χ2n) is 4.78. The van der Waals surface area contributed by atoms with Gasteiger partial charge in [-0.3, -0.25) is 14.5 Å². The Bertz CT molecular complexity index is 315. The van der Waals surface area contributed by atoms with Crippen molar-refractivity contribution in [2.45, 2.75) is 20.3 Å². The summed E-state index contributed by atoms with van der Waals surface area (Å²) in [5, 5.41) is 0. The molecule has 0 aliphatic carbocycles. The molecule has 21 heavy (non-hydrogen) atoms. The molecule has 1 aliphatic rings. The molecule has 1 saturated heterocycles. The predicted molar refractivity (Wildman–Crippen MR) is 89.1 cm³/mol. The van der Waals surface area contributed by atoms with Crippen molar-refractivity contribution in [1.29, 1.82) is 0 Å². The molecule has 0 unspecified atom stereocenters. The largest absolute Gasteiger partial charge is 0.342 e. The van der Waals surface area contributed by atoms with E-state index >= 15 is 0 Å². The quantitative estimate of drug-likeness (QED) is 0.774. The van der Waals surface area contributed by atoms with Gasteiger partial charge >= 0.3 is 0 Å². The highest BCUT2D eigenvalue weighted by Gasteiger charge is 2.20. The summed E-state index contributed by atoms with van der Waals surface area (Å²) in [6.07, 6.45) is 0.900. The van der Waals surface area contributed by atoms with E-state index in [-0.39, 0.29) is 43.2 Å². The third kappa shape index (κ3) is 7.31. The van der Waals surface area contributed by atoms with Crippen molar-refractivity contribution in [1.82, 2.24) is 14.7 Å². The van der Waals surface area contributed by atoms with Gasteiger partial charge in [0.1, 0.15) is 0 Å². The minimum atomic E-state index is -0.00285. The van der Waals surface area contributed by atoms with E-state index < -0.39 is 0 Å². The SMILES string of the molecule is CCN(CC)C(=O)CN1CCCN(C(=O)CN)CC1.Cl.Cl. The Morgan fingerprint density at radius 2 is 1.67 bits per heavy atom. The third-order valence-electron chi connectivity index (χ3n) is 3.59. The summed E-state index contributed by atoms with van der Waals surface area (Å²) in [4.78, 5) is 29.4. The number of carbonyl (C=O) groups excluding carboxylic acids is 2. The number of nitrogens with zero attached hydrogens (tertiary/aromatic N) is 3. The first-order chi connectivity index (χ1) is 9.12. The van der Waals surface area contributed by atoms with E-state index in [4.69, 9.17) is 5.73 Å². The smallest absolute Gasteiger partial charge is 0.236 e. The molecule has 1 heterocycles. The lowest BCUT2D eigenvalue weighted by Crippen LogP contribution is -2.42. The monoisotopic (exact) mass is 342 g/mol. The van der Waals surface area contributed by atoms with Crippen LogP contribution in [0.15, 0.2) is 0 Å². The molecule has 1 aliphatic heterocycles. The van der Waals surface area contributed by atoms with E-state index in [0.29, 0.717) is 13.1 Å². The van der Waals surface area contributed by atoms with Crippen LogP contribution in [0.1, 0.15) is 20.3 Å². The van der Waals surface area contributed by atoms with Crippen LogP contribution in [0.5, 0.6) is 0 Å². The molecule has 6 nitrogen and oxygen atoms in total. The topological polar surface area (TPSA) is 69.9 Å². The van der Waals surface area contributed by atoms with Crippen molar-refractivity contribution in [3.63, 3.8) is 0 Å². The summed E-state index contributed by atoms with van der Waals surface area (Å²) in [5.41, 5.74) is 5.38. The van der Waals surface area contributed by atoms with Gasteiger partial charge in [0.15, 0.2) is 0 Å². The molecule has 1 fully saturated rings. The number of hydrogen-bond acceptors (Lipinski definition) is 4. The maximum absolute atomic E-state index is 12.0. The lowest BCUT2D eigenvalue weighted by atomic mass is 10.3. The lowest BCUT2D eigenvalue weighted by molar-refractivity contribution is -0.132. The second-order valence-corrected chi connectivity index (χ2v) is 4.78. The normalized spacial score (nSPS) is 15.5. The number of nitrogens with two attached hydrogens (primary N) is 1. The van der Waals surface area contributed by atoms with E-state index in [1.165, 1.54) is 0 Å². The molecule has 0 aromatic rings. The first-order valence-electron chi connectivity index (χ1n) is 7.10. The van der Waals surface area contributed by atoms with Gasteiger partial charge in [-0.25, -0.2) is 0 Å². The maximum atomic E-state index is 12.0. The summed E-state index contributed by atoms with van der Waals surface area (Å²) in [6, 6.07) is 0. The zero-order chi connectivity index (χ0) is 14.3. The predicted octanol–water partition coefficient (Wildman–Crippen LogP) is 0.191. The van der Waals surface area contributed by atoms with Crippen LogP contribution < -0.4 is 5.73 Å². The number of rotatable bonds is 5. The van der Waals surface area contributed by atoms with Crippen molar-refractivity contribution < 1.29 is 9.59 Å². The van der Waals surface area contributed by atoms with E-state index in [9.17, 15) is 9.59 Å². The zero-order valence-electron chi connectivity index (χ0n) is 12.9. The van der Waals surface area contributed by atoms with Crippen LogP contribution in [0.25, 0.3) is 0 Å². The number of halogens is 2. The molecule has 2 amide bonds. The van der Waals surface area contributed by atoms with Crippen molar-refractivity contribution in [3.05, 3.63) is 0 Å². The lowest BCUT2D eigenvalue weighted by Gasteiger charge is -2.25. The minimum absolute atomic E-state index is 0. The summed E-state index contributed by atoms with van der Waals surface area (Å²) in [5.74, 6) is 0.167. The fraction of sp³-hybridized carbons (Fsp3) is 0.846. The van der Waals surface area contributed by atoms with Crippen LogP contribution in [0.3, 0.4) is 0 Å². The van der Waals surface area contributed by atoms with Gasteiger partial charge in [0, 0.05) is 39.3 Å². The molecule has 2 N–H and O–H groups in total. The van der Waals surface area contributed by atoms with Crippen LogP contribution in [0.4, 0.5) is 0 Å². The van der Waals surface area contributed by atoms with E-state index in [1.54, 1.807) is 4.90 Å². The molecule has 0 bridgehead atoms. The Morgan fingerprint density at radius 3 is 2.19 bits per heavy atom. The third-order valence-corrected chi connectivity index (χ3v) is 3.59. The molecule has 126 valence electrons. The van der Waals surface area contributed by atoms with Gasteiger partial charge in [-0.05, 0) is 20.3 Å². The summed E-state index contributed by atoms with van der Waals surface area (Å²) >= 11 is 0. The fourth-order valence-corrected chi connectivity index (χ4v) is 2.38. The zero-order valence-corrected chi connectivity index (χ0v) is 14.5. The second kappa shape index (κ2) is 12.0. The van der Waals surface area contributed by atoms with E-state index in [1.807, 2.05) is 18.7 Å². The number of carbonyl (C=O) groups is 2. The van der Waals surface area contributed by atoms with Crippen molar-refractivity contribution in [2.24, 2.45) is 5.73 Å². The molecule has 0 spiro atoms. The fourth-order valence-electron chi connectivity index (χ4n) is 2.38. The van der Waals surface area contributed by atoms with Crippen LogP contribution in [0.2, 0.25) is 0 Å². The average Bonchev–Trinajstić information content (AvgIpc) is 2.65. The molecule has 0 radical (unpaired) electrons. The van der Waals surface area contributed by atoms with Gasteiger partial charge < -0.3 is 15.5 Å². The van der Waals surface area contributed by atoms with Crippen molar-refractivity contribution in [2.75, 3.05) is 52.4 Å². The van der Waals surface area contributed by atoms with Gasteiger partial charge in [0.05, 0.1) is 13.1 Å². The Kier molecular flexibility index (Phi) is 13.0. The van der Waals surface area contributed by atoms with Crippen molar-refractivity contribution >= 4 is 36.6 Å². The van der Waals surface area contributed by atoms with Crippen LogP contribution in [-0.2, 0) is 9.59 Å². The van der Waals surface area contributed by atoms with Gasteiger partial charge in [-0.15, -0.1) is 24.8 Å². The molecule has 8 heteroatoms. The van der Waals surface area contributed by atoms with E-state index in [2.05, 4.69) is 4.90 Å². The summed E-state index contributed by atoms with van der Waals surface area (Å²) in [6.45, 7) is 9.03. The van der Waals surface area contributed by atoms with Crippen LogP contribution >= 0.6 is 24.8 Å². The Morgan fingerprint density at radius 1 is 1.05 bits per heavy atom. The number of amides is 2. The Balaban J connectivity index is 0. The maximum Gasteiger partial charge on any atom is 0.236 e. The van der Waals surface area contributed by atoms with Crippen LogP contribution in [0, 0.1) is 0 Å². The van der Waals surface area contributed by atoms with Gasteiger partial charge in [-0.1, -0.05) is 0 Å². The summed E-state index contributed by atoms with van der Waals surface area (Å²) in [7, 11) is 0. The van der Waals surface area contributed by atoms with Crippen molar-refractivity contribution in [3.8, 4) is 0 Å². The average molecular weight is 343 g/mol. The molecule has 0 aromatic carbocycles. The molecular formula is C13H28Cl2N4O2. The first kappa shape index (κ1) is 22.7. The highest BCUT2D eigenvalue weighted by molar-refractivity contribution is 5.85. The standard InChI is InChI=1S/C13H26N4O2.2ClH/c1-3-16(4-2)13(19)11-15-6-5-7-17(9-8-15)12(18)10-14;;/h3-11,14H2,1-2H3;2*1H. The van der Waals surface area contributed by atoms with E-state index in [0.717, 1.165) is 39.1 Å². The highest BCUT2D eigenvalue weighted by atomic mass is 35.5. The Hall–Kier alpha value is -0.560. The highest BCUT2D eigenvalue weighted by Crippen LogP contribution is 2.04. The van der Waals surface area contributed by atoms with Gasteiger partial charge in [0.2, 0.25) is 11.8 Å². The molecule has 0 saturated carbocycles. The van der Waals surface area contributed by atoms with Gasteiger partial charge in [-0.2, -0.15) is 0 Å². The van der Waals surface area contributed by atoms with Gasteiger partial charge in [0.25, 0.3) is 0 Å². The number of likely N-dealkylation sites (N-methyl/N-ethyl adjacent to an activating group) is 1. The van der Waals surface area contributed by atoms with Crippen LogP contribution in [-0.4, -0.2) is 78.9 Å². The molecule has 0 aromatic heterocycles. The minimum Gasteiger partial charge on any atom is -0.342 e.